The summed E-state index contributed by atoms with van der Waals surface area (Å²) in [6.07, 6.45) is 7.79. The first kappa shape index (κ1) is 34.8. The predicted octanol–water partition coefficient (Wildman–Crippen LogP) is 8.76. The second kappa shape index (κ2) is 12.7. The van der Waals surface area contributed by atoms with Gasteiger partial charge < -0.3 is 15.3 Å². The molecule has 2 bridgehead atoms. The number of Topliss-reactive ketones (excluding diaryl/α,β-unsaturated/α-hetero) is 3. The minimum absolute atomic E-state index is 0.0110. The highest BCUT2D eigenvalue weighted by Crippen LogP contribution is 2.66. The molecule has 2 aliphatic carbocycles. The molecule has 0 radical (unpaired) electrons. The number of aromatic hydroxyl groups is 2. The van der Waals surface area contributed by atoms with Crippen LogP contribution in [-0.2, 0) is 14.4 Å². The lowest BCUT2D eigenvalue weighted by Gasteiger charge is -2.60. The van der Waals surface area contributed by atoms with Crippen molar-refractivity contribution in [2.24, 2.45) is 28.1 Å². The van der Waals surface area contributed by atoms with E-state index in [9.17, 15) is 24.9 Å². The third-order valence-corrected chi connectivity index (χ3v) is 10.0. The van der Waals surface area contributed by atoms with Crippen LogP contribution in [0.2, 0.25) is 0 Å². The molecule has 6 nitrogen and oxygen atoms in total. The molecule has 0 spiro atoms. The summed E-state index contributed by atoms with van der Waals surface area (Å²) in [5, 5.41) is 31.7. The van der Waals surface area contributed by atoms with Crippen LogP contribution < -0.4 is 0 Å². The van der Waals surface area contributed by atoms with Gasteiger partial charge in [-0.15, -0.1) is 0 Å². The molecule has 3 rings (SSSR count). The van der Waals surface area contributed by atoms with Crippen molar-refractivity contribution in [3.63, 3.8) is 0 Å². The summed E-state index contributed by atoms with van der Waals surface area (Å²) < 4.78 is 0. The molecule has 2 aliphatic rings. The van der Waals surface area contributed by atoms with E-state index in [4.69, 9.17) is 0 Å². The first-order chi connectivity index (χ1) is 20.3. The van der Waals surface area contributed by atoms with E-state index >= 15 is 4.79 Å². The van der Waals surface area contributed by atoms with Crippen LogP contribution in [0.25, 0.3) is 5.76 Å². The third kappa shape index (κ3) is 6.00. The molecule has 238 valence electrons. The summed E-state index contributed by atoms with van der Waals surface area (Å²) in [5.41, 5.74) is -0.453. The predicted molar refractivity (Wildman–Crippen MR) is 176 cm³/mol. The smallest absolute Gasteiger partial charge is 0.184 e. The number of carbonyl (C=O) groups is 3. The number of ketones is 3. The van der Waals surface area contributed by atoms with Crippen LogP contribution in [0.5, 0.6) is 11.5 Å². The van der Waals surface area contributed by atoms with E-state index in [1.54, 1.807) is 0 Å². The fraction of sp³-hybridized carbons (Fsp3) is 0.500. The van der Waals surface area contributed by atoms with Crippen LogP contribution in [0.1, 0.15) is 100.0 Å². The molecule has 3 N–H and O–H groups in total. The van der Waals surface area contributed by atoms with Crippen molar-refractivity contribution in [1.82, 2.24) is 0 Å². The highest BCUT2D eigenvalue weighted by Gasteiger charge is 2.74. The zero-order valence-electron chi connectivity index (χ0n) is 27.9. The number of aliphatic hydroxyl groups excluding tert-OH is 1. The Hall–Kier alpha value is -3.67. The Morgan fingerprint density at radius 3 is 2.02 bits per heavy atom. The molecule has 44 heavy (non-hydrogen) atoms. The monoisotopic (exact) mass is 602 g/mol. The summed E-state index contributed by atoms with van der Waals surface area (Å²) in [5.74, 6) is -3.61. The maximum Gasteiger partial charge on any atom is 0.184 e. The molecule has 0 amide bonds. The minimum atomic E-state index is -1.62. The van der Waals surface area contributed by atoms with Gasteiger partial charge >= 0.3 is 0 Å². The molecule has 0 aromatic heterocycles. The van der Waals surface area contributed by atoms with E-state index < -0.39 is 50.6 Å². The molecule has 2 unspecified atom stereocenters. The Labute approximate surface area is 263 Å². The summed E-state index contributed by atoms with van der Waals surface area (Å²) >= 11 is 0. The quantitative estimate of drug-likeness (QED) is 0.0616. The fourth-order valence-corrected chi connectivity index (χ4v) is 7.08. The van der Waals surface area contributed by atoms with Gasteiger partial charge in [-0.1, -0.05) is 60.9 Å². The van der Waals surface area contributed by atoms with Gasteiger partial charge in [-0.25, -0.2) is 0 Å². The number of rotatable bonds is 10. The molecule has 6 heteroatoms. The molecule has 1 aromatic carbocycles. The van der Waals surface area contributed by atoms with Crippen LogP contribution in [0.15, 0.2) is 70.9 Å². The number of phenols is 2. The molecule has 0 aliphatic heterocycles. The normalized spacial score (nSPS) is 26.0. The van der Waals surface area contributed by atoms with E-state index in [1.165, 1.54) is 12.1 Å². The number of benzene rings is 1. The van der Waals surface area contributed by atoms with Gasteiger partial charge in [-0.2, -0.15) is 0 Å². The van der Waals surface area contributed by atoms with Crippen molar-refractivity contribution in [3.8, 4) is 11.5 Å². The lowest BCUT2D eigenvalue weighted by atomic mass is 9.38. The van der Waals surface area contributed by atoms with Crippen molar-refractivity contribution in [2.75, 3.05) is 0 Å². The fourth-order valence-electron chi connectivity index (χ4n) is 7.08. The average Bonchev–Trinajstić information content (AvgIpc) is 2.91. The maximum absolute atomic E-state index is 15.2. The summed E-state index contributed by atoms with van der Waals surface area (Å²) in [4.78, 5) is 44.9. The van der Waals surface area contributed by atoms with Crippen molar-refractivity contribution >= 4 is 23.1 Å². The minimum Gasteiger partial charge on any atom is -0.506 e. The summed E-state index contributed by atoms with van der Waals surface area (Å²) in [7, 11) is 0. The zero-order chi connectivity index (χ0) is 33.4. The molecule has 0 heterocycles. The first-order valence-electron chi connectivity index (χ1n) is 15.5. The van der Waals surface area contributed by atoms with Crippen molar-refractivity contribution in [3.05, 3.63) is 76.4 Å². The van der Waals surface area contributed by atoms with Crippen LogP contribution in [0.3, 0.4) is 0 Å². The van der Waals surface area contributed by atoms with E-state index in [-0.39, 0.29) is 42.4 Å². The Kier molecular flexibility index (Phi) is 10.1. The second-order valence-electron chi connectivity index (χ2n) is 14.3. The van der Waals surface area contributed by atoms with E-state index in [2.05, 4.69) is 18.7 Å². The van der Waals surface area contributed by atoms with Crippen molar-refractivity contribution in [1.29, 1.82) is 0 Å². The maximum atomic E-state index is 15.2. The summed E-state index contributed by atoms with van der Waals surface area (Å²) in [6, 6.07) is 3.65. The molecule has 0 saturated heterocycles. The first-order valence-corrected chi connectivity index (χ1v) is 15.5. The average molecular weight is 603 g/mol. The van der Waals surface area contributed by atoms with Crippen LogP contribution in [0.4, 0.5) is 0 Å². The van der Waals surface area contributed by atoms with Crippen molar-refractivity contribution in [2.45, 2.75) is 94.4 Å². The standard InChI is InChI=1S/C38H50O6/c1-22(2)11-13-27(25(7)8)20-37-21-28(15-12-23(3)4)36(9,10)38(35(37)44,18-17-24(5)6)34(43)31(33(37)42)32(41)26-14-16-29(39)30(40)19-26/h11-12,14,16-17,19,27-28,39-41H,7,13,15,18,20-21H2,1-6,8-10H3/b32-31+/t27-,28+,37?,38?/m0/s1. The van der Waals surface area contributed by atoms with E-state index in [0.717, 1.165) is 28.4 Å². The largest absolute Gasteiger partial charge is 0.506 e. The third-order valence-electron chi connectivity index (χ3n) is 10.0. The lowest BCUT2D eigenvalue weighted by Crippen LogP contribution is -2.69. The molecular formula is C38H50O6. The van der Waals surface area contributed by atoms with E-state index in [0.29, 0.717) is 12.8 Å². The number of aliphatic hydroxyl groups is 1. The Morgan fingerprint density at radius 1 is 0.909 bits per heavy atom. The highest BCUT2D eigenvalue weighted by molar-refractivity contribution is 6.41. The topological polar surface area (TPSA) is 112 Å². The Bertz CT molecular complexity index is 1490. The van der Waals surface area contributed by atoms with E-state index in [1.807, 2.05) is 68.4 Å². The van der Waals surface area contributed by atoms with Gasteiger partial charge in [0.05, 0.1) is 5.41 Å². The van der Waals surface area contributed by atoms with Gasteiger partial charge in [0.1, 0.15) is 16.7 Å². The van der Waals surface area contributed by atoms with Gasteiger partial charge in [0.25, 0.3) is 0 Å². The molecule has 2 saturated carbocycles. The van der Waals surface area contributed by atoms with Gasteiger partial charge in [-0.05, 0) is 116 Å². The molecule has 4 atom stereocenters. The van der Waals surface area contributed by atoms with Crippen LogP contribution >= 0.6 is 0 Å². The van der Waals surface area contributed by atoms with Gasteiger partial charge in [-0.3, -0.25) is 14.4 Å². The number of phenolic OH excluding ortho intramolecular Hbond substituents is 2. The highest BCUT2D eigenvalue weighted by atomic mass is 16.3. The van der Waals surface area contributed by atoms with Gasteiger partial charge in [0, 0.05) is 5.56 Å². The second-order valence-corrected chi connectivity index (χ2v) is 14.3. The Morgan fingerprint density at radius 2 is 1.50 bits per heavy atom. The lowest BCUT2D eigenvalue weighted by molar-refractivity contribution is -0.177. The molecule has 1 aromatic rings. The molecular weight excluding hydrogens is 552 g/mol. The van der Waals surface area contributed by atoms with Crippen molar-refractivity contribution < 1.29 is 29.7 Å². The van der Waals surface area contributed by atoms with Crippen LogP contribution in [0, 0.1) is 28.1 Å². The molecule has 2 fully saturated rings. The number of hydrogen-bond donors (Lipinski definition) is 3. The SMILES string of the molecule is C=C(C)[C@@H](CC=C(C)C)CC12C[C@@H](CC=C(C)C)C(C)(C)C(CC=C(C)C)(C(=O)/C(=C(/O)c3ccc(O)c(O)c3)C1=O)C2=O. The zero-order valence-corrected chi connectivity index (χ0v) is 27.9. The number of fused-ring (bicyclic) bond motifs is 2. The Balaban J connectivity index is 2.47. The summed E-state index contributed by atoms with van der Waals surface area (Å²) in [6.45, 7) is 21.9. The van der Waals surface area contributed by atoms with Gasteiger partial charge in [0.2, 0.25) is 0 Å². The number of allylic oxidation sites excluding steroid dienone is 8. The van der Waals surface area contributed by atoms with Gasteiger partial charge in [0.15, 0.2) is 28.8 Å². The number of carbonyl (C=O) groups excluding carboxylic acids is 3. The van der Waals surface area contributed by atoms with Crippen LogP contribution in [-0.4, -0.2) is 32.7 Å². The number of hydrogen-bond acceptors (Lipinski definition) is 6.